The van der Waals surface area contributed by atoms with Gasteiger partial charge in [-0.05, 0) is 78.4 Å². The zero-order valence-electron chi connectivity index (χ0n) is 20.6. The second-order valence-electron chi connectivity index (χ2n) is 7.92. The second-order valence-corrected chi connectivity index (χ2v) is 9.85. The van der Waals surface area contributed by atoms with Gasteiger partial charge in [-0.15, -0.1) is 0 Å². The van der Waals surface area contributed by atoms with Crippen molar-refractivity contribution in [1.29, 1.82) is 0 Å². The van der Waals surface area contributed by atoms with Gasteiger partial charge in [-0.1, -0.05) is 40.2 Å². The van der Waals surface area contributed by atoms with Crippen LogP contribution in [-0.4, -0.2) is 42.7 Å². The normalized spacial score (nSPS) is 15.4. The van der Waals surface area contributed by atoms with Gasteiger partial charge in [0.15, 0.2) is 16.7 Å². The molecule has 0 spiro atoms. The quantitative estimate of drug-likeness (QED) is 0.225. The molecular weight excluding hydrogens is 556 g/mol. The first-order valence-electron chi connectivity index (χ1n) is 11.5. The summed E-state index contributed by atoms with van der Waals surface area (Å²) in [5, 5.41) is 0.544. The lowest BCUT2D eigenvalue weighted by Crippen LogP contribution is -2.28. The van der Waals surface area contributed by atoms with Crippen LogP contribution >= 0.6 is 27.7 Å². The number of esters is 1. The zero-order valence-corrected chi connectivity index (χ0v) is 23.0. The number of thioether (sulfide) groups is 1. The van der Waals surface area contributed by atoms with Crippen LogP contribution in [0.15, 0.2) is 81.1 Å². The van der Waals surface area contributed by atoms with Crippen molar-refractivity contribution in [2.45, 2.75) is 13.5 Å². The molecule has 1 amide bonds. The van der Waals surface area contributed by atoms with Crippen LogP contribution in [0.5, 0.6) is 11.5 Å². The summed E-state index contributed by atoms with van der Waals surface area (Å²) in [5.41, 5.74) is 2.79. The van der Waals surface area contributed by atoms with Crippen LogP contribution in [0.2, 0.25) is 0 Å². The van der Waals surface area contributed by atoms with Crippen LogP contribution in [0.3, 0.4) is 0 Å². The van der Waals surface area contributed by atoms with Crippen molar-refractivity contribution in [2.24, 2.45) is 4.99 Å². The van der Waals surface area contributed by atoms with Crippen LogP contribution in [0, 0.1) is 0 Å². The number of nitrogens with zero attached hydrogens (tertiary/aromatic N) is 2. The minimum Gasteiger partial charge on any atom is -0.493 e. The molecule has 7 nitrogen and oxygen atoms in total. The number of methoxy groups -OCH3 is 2. The molecule has 0 aromatic heterocycles. The lowest BCUT2D eigenvalue weighted by molar-refractivity contribution is -0.122. The molecule has 0 bridgehead atoms. The molecule has 4 rings (SSSR count). The molecule has 0 radical (unpaired) electrons. The molecule has 0 atom stereocenters. The molecule has 9 heteroatoms. The van der Waals surface area contributed by atoms with Gasteiger partial charge < -0.3 is 14.2 Å². The third kappa shape index (κ3) is 6.42. The number of amides is 1. The summed E-state index contributed by atoms with van der Waals surface area (Å²) in [7, 11) is 2.92. The van der Waals surface area contributed by atoms with Gasteiger partial charge in [0.05, 0.1) is 30.4 Å². The second kappa shape index (κ2) is 12.1. The Balaban J connectivity index is 1.54. The molecule has 1 aliphatic rings. The van der Waals surface area contributed by atoms with Gasteiger partial charge in [0.25, 0.3) is 5.91 Å². The number of carbonyl (C=O) groups is 2. The number of benzene rings is 3. The first-order chi connectivity index (χ1) is 17.9. The molecule has 1 aliphatic heterocycles. The molecule has 0 unspecified atom stereocenters. The first kappa shape index (κ1) is 26.5. The van der Waals surface area contributed by atoms with E-state index < -0.39 is 5.97 Å². The standard InChI is InChI=1S/C28H25BrN2O5S/c1-4-31-26(32)25(37-28(31)30-22-7-5-6-20(16-22)27(33)35-3)15-19-10-13-23(24(14-19)34-2)36-17-18-8-11-21(29)12-9-18/h5-16H,4,17H2,1-3H3. The summed E-state index contributed by atoms with van der Waals surface area (Å²) in [4.78, 5) is 31.7. The third-order valence-corrected chi connectivity index (χ3v) is 7.02. The molecule has 1 saturated heterocycles. The lowest BCUT2D eigenvalue weighted by Gasteiger charge is -2.12. The summed E-state index contributed by atoms with van der Waals surface area (Å²) in [6.45, 7) is 2.76. The maximum atomic E-state index is 13.1. The maximum absolute atomic E-state index is 13.1. The first-order valence-corrected chi connectivity index (χ1v) is 13.1. The van der Waals surface area contributed by atoms with E-state index in [0.717, 1.165) is 15.6 Å². The fourth-order valence-electron chi connectivity index (χ4n) is 3.59. The molecule has 1 fully saturated rings. The van der Waals surface area contributed by atoms with Crippen LogP contribution in [0.4, 0.5) is 5.69 Å². The van der Waals surface area contributed by atoms with Crippen LogP contribution in [0.1, 0.15) is 28.4 Å². The van der Waals surface area contributed by atoms with E-state index >= 15 is 0 Å². The van der Waals surface area contributed by atoms with Gasteiger partial charge in [0.1, 0.15) is 6.61 Å². The summed E-state index contributed by atoms with van der Waals surface area (Å²) >= 11 is 4.71. The van der Waals surface area contributed by atoms with Crippen molar-refractivity contribution in [1.82, 2.24) is 4.90 Å². The smallest absolute Gasteiger partial charge is 0.337 e. The Hall–Kier alpha value is -3.56. The number of likely N-dealkylation sites (N-methyl/N-ethyl adjacent to an activating group) is 1. The largest absolute Gasteiger partial charge is 0.493 e. The Morgan fingerprint density at radius 1 is 1.05 bits per heavy atom. The number of hydrogen-bond acceptors (Lipinski definition) is 7. The number of ether oxygens (including phenoxy) is 3. The summed E-state index contributed by atoms with van der Waals surface area (Å²) in [5.74, 6) is 0.608. The number of hydrogen-bond donors (Lipinski definition) is 0. The molecule has 3 aromatic rings. The van der Waals surface area contributed by atoms with Crippen molar-refractivity contribution in [3.05, 3.63) is 92.8 Å². The average molecular weight is 581 g/mol. The van der Waals surface area contributed by atoms with E-state index in [1.807, 2.05) is 55.5 Å². The van der Waals surface area contributed by atoms with Gasteiger partial charge in [-0.25, -0.2) is 9.79 Å². The Morgan fingerprint density at radius 3 is 2.54 bits per heavy atom. The summed E-state index contributed by atoms with van der Waals surface area (Å²) < 4.78 is 17.3. The number of rotatable bonds is 8. The van der Waals surface area contributed by atoms with E-state index in [0.29, 0.717) is 46.0 Å². The third-order valence-electron chi connectivity index (χ3n) is 5.49. The van der Waals surface area contributed by atoms with E-state index in [2.05, 4.69) is 20.9 Å². The minimum atomic E-state index is -0.441. The lowest BCUT2D eigenvalue weighted by atomic mass is 10.1. The van der Waals surface area contributed by atoms with Crippen LogP contribution in [-0.2, 0) is 16.1 Å². The van der Waals surface area contributed by atoms with Gasteiger partial charge in [-0.3, -0.25) is 9.69 Å². The Labute approximate surface area is 228 Å². The maximum Gasteiger partial charge on any atom is 0.337 e. The topological polar surface area (TPSA) is 77.4 Å². The number of halogens is 1. The van der Waals surface area contributed by atoms with Gasteiger partial charge >= 0.3 is 5.97 Å². The van der Waals surface area contributed by atoms with Gasteiger partial charge in [-0.2, -0.15) is 0 Å². The average Bonchev–Trinajstić information content (AvgIpc) is 3.21. The van der Waals surface area contributed by atoms with Crippen molar-refractivity contribution < 1.29 is 23.8 Å². The predicted molar refractivity (Wildman–Crippen MR) is 149 cm³/mol. The molecule has 0 N–H and O–H groups in total. The fourth-order valence-corrected chi connectivity index (χ4v) is 4.91. The Kier molecular flexibility index (Phi) is 8.68. The number of aliphatic imine (C=N–C) groups is 1. The zero-order chi connectivity index (χ0) is 26.4. The molecule has 1 heterocycles. The molecule has 0 saturated carbocycles. The van der Waals surface area contributed by atoms with Crippen molar-refractivity contribution in [3.8, 4) is 11.5 Å². The molecule has 3 aromatic carbocycles. The van der Waals surface area contributed by atoms with Crippen molar-refractivity contribution in [2.75, 3.05) is 20.8 Å². The molecule has 37 heavy (non-hydrogen) atoms. The molecule has 0 aliphatic carbocycles. The highest BCUT2D eigenvalue weighted by molar-refractivity contribution is 9.10. The van der Waals surface area contributed by atoms with E-state index in [1.54, 1.807) is 36.3 Å². The highest BCUT2D eigenvalue weighted by atomic mass is 79.9. The predicted octanol–water partition coefficient (Wildman–Crippen LogP) is 6.45. The van der Waals surface area contributed by atoms with E-state index in [9.17, 15) is 9.59 Å². The minimum absolute atomic E-state index is 0.134. The summed E-state index contributed by atoms with van der Waals surface area (Å²) in [6.07, 6.45) is 1.81. The van der Waals surface area contributed by atoms with Crippen LogP contribution < -0.4 is 9.47 Å². The van der Waals surface area contributed by atoms with Crippen LogP contribution in [0.25, 0.3) is 6.08 Å². The van der Waals surface area contributed by atoms with E-state index in [4.69, 9.17) is 14.2 Å². The van der Waals surface area contributed by atoms with E-state index in [-0.39, 0.29) is 5.91 Å². The van der Waals surface area contributed by atoms with Crippen molar-refractivity contribution >= 4 is 56.5 Å². The van der Waals surface area contributed by atoms with Crippen molar-refractivity contribution in [3.63, 3.8) is 0 Å². The number of carbonyl (C=O) groups excluding carboxylic acids is 2. The monoisotopic (exact) mass is 580 g/mol. The molecular formula is C28H25BrN2O5S. The van der Waals surface area contributed by atoms with Gasteiger partial charge in [0, 0.05) is 11.0 Å². The van der Waals surface area contributed by atoms with Gasteiger partial charge in [0.2, 0.25) is 0 Å². The highest BCUT2D eigenvalue weighted by Crippen LogP contribution is 2.36. The Bertz CT molecular complexity index is 1370. The summed E-state index contributed by atoms with van der Waals surface area (Å²) in [6, 6.07) is 20.3. The highest BCUT2D eigenvalue weighted by Gasteiger charge is 2.32. The Morgan fingerprint density at radius 2 is 1.84 bits per heavy atom. The van der Waals surface area contributed by atoms with E-state index in [1.165, 1.54) is 18.9 Å². The molecule has 190 valence electrons. The SMILES string of the molecule is CCN1C(=O)C(=Cc2ccc(OCc3ccc(Br)cc3)c(OC)c2)SC1=Nc1cccc(C(=O)OC)c1. The fraction of sp³-hybridized carbons (Fsp3) is 0.179. The number of amidine groups is 1.